The largest absolute Gasteiger partial charge is 0.507 e. The maximum Gasteiger partial charge on any atom is 0.305 e. The topological polar surface area (TPSA) is 46.5 Å². The third-order valence-electron chi connectivity index (χ3n) is 5.41. The molecule has 0 unspecified atom stereocenters. The van der Waals surface area contributed by atoms with Crippen LogP contribution in [0.3, 0.4) is 0 Å². The Balaban J connectivity index is 1.98. The van der Waals surface area contributed by atoms with Crippen LogP contribution in [0.2, 0.25) is 0 Å². The van der Waals surface area contributed by atoms with Gasteiger partial charge in [0.2, 0.25) is 0 Å². The lowest BCUT2D eigenvalue weighted by Gasteiger charge is -2.20. The van der Waals surface area contributed by atoms with Gasteiger partial charge in [-0.3, -0.25) is 4.79 Å². The van der Waals surface area contributed by atoms with Gasteiger partial charge in [0, 0.05) is 12.8 Å². The molecule has 0 aliphatic heterocycles. The lowest BCUT2D eigenvalue weighted by atomic mass is 9.86. The first-order valence-electron chi connectivity index (χ1n) is 10.1. The van der Waals surface area contributed by atoms with Gasteiger partial charge < -0.3 is 9.84 Å². The van der Waals surface area contributed by atoms with Crippen molar-refractivity contribution >= 4 is 5.97 Å². The van der Waals surface area contributed by atoms with Gasteiger partial charge >= 0.3 is 5.97 Å². The summed E-state index contributed by atoms with van der Waals surface area (Å²) in [6.45, 7) is 1.88. The number of para-hydroxylation sites is 1. The van der Waals surface area contributed by atoms with Gasteiger partial charge in [-0.1, -0.05) is 36.8 Å². The standard InChI is InChI=1S/C24H32O3/c1-3-4-5-6-7-8-12-19-13-9-16-21(19)22-17-10-14-20(24(22)26)15-11-18-23(25)27-2/h8,10,12,14,17,19,21,26H,5-7,9,11,13,15-16,18H2,1-2H3/b12-8+/t19-,21-/m0/s1. The molecule has 27 heavy (non-hydrogen) atoms. The van der Waals surface area contributed by atoms with Crippen LogP contribution in [0, 0.1) is 17.8 Å². The smallest absolute Gasteiger partial charge is 0.305 e. The summed E-state index contributed by atoms with van der Waals surface area (Å²) in [4.78, 5) is 11.3. The van der Waals surface area contributed by atoms with Crippen LogP contribution in [0.15, 0.2) is 30.4 Å². The Hall–Kier alpha value is -2.21. The number of carbonyl (C=O) groups is 1. The minimum atomic E-state index is -0.198. The van der Waals surface area contributed by atoms with Crippen molar-refractivity contribution < 1.29 is 14.6 Å². The molecular formula is C24H32O3. The third-order valence-corrected chi connectivity index (χ3v) is 5.41. The number of phenols is 1. The zero-order valence-corrected chi connectivity index (χ0v) is 16.7. The molecule has 0 saturated heterocycles. The van der Waals surface area contributed by atoms with E-state index in [2.05, 4.69) is 34.8 Å². The van der Waals surface area contributed by atoms with Crippen molar-refractivity contribution in [2.45, 2.75) is 70.6 Å². The van der Waals surface area contributed by atoms with Crippen LogP contribution in [0.1, 0.15) is 75.3 Å². The lowest BCUT2D eigenvalue weighted by molar-refractivity contribution is -0.140. The number of allylic oxidation sites excluding steroid dienone is 2. The summed E-state index contributed by atoms with van der Waals surface area (Å²) in [7, 11) is 1.41. The average Bonchev–Trinajstić information content (AvgIpc) is 3.14. The van der Waals surface area contributed by atoms with Crippen LogP contribution >= 0.6 is 0 Å². The Kier molecular flexibility index (Phi) is 8.98. The van der Waals surface area contributed by atoms with E-state index < -0.39 is 0 Å². The Labute approximate surface area is 163 Å². The molecule has 0 aromatic heterocycles. The van der Waals surface area contributed by atoms with E-state index in [9.17, 15) is 9.90 Å². The summed E-state index contributed by atoms with van der Waals surface area (Å²) in [5, 5.41) is 10.8. The molecule has 0 amide bonds. The fourth-order valence-corrected chi connectivity index (χ4v) is 3.95. The highest BCUT2D eigenvalue weighted by Gasteiger charge is 2.29. The van der Waals surface area contributed by atoms with E-state index in [1.807, 2.05) is 19.1 Å². The van der Waals surface area contributed by atoms with Gasteiger partial charge in [-0.25, -0.2) is 0 Å². The average molecular weight is 369 g/mol. The molecule has 0 radical (unpaired) electrons. The van der Waals surface area contributed by atoms with Crippen LogP contribution in [0.4, 0.5) is 0 Å². The summed E-state index contributed by atoms with van der Waals surface area (Å²) in [5.74, 6) is 7.15. The highest BCUT2D eigenvalue weighted by molar-refractivity contribution is 5.69. The maximum atomic E-state index is 11.3. The van der Waals surface area contributed by atoms with Crippen molar-refractivity contribution in [2.75, 3.05) is 7.11 Å². The summed E-state index contributed by atoms with van der Waals surface area (Å²) in [6, 6.07) is 6.06. The van der Waals surface area contributed by atoms with Crippen LogP contribution in [-0.4, -0.2) is 18.2 Å². The van der Waals surface area contributed by atoms with Gasteiger partial charge in [0.1, 0.15) is 5.75 Å². The van der Waals surface area contributed by atoms with Crippen LogP contribution in [0.25, 0.3) is 0 Å². The molecule has 1 fully saturated rings. The fraction of sp³-hybridized carbons (Fsp3) is 0.542. The van der Waals surface area contributed by atoms with Crippen molar-refractivity contribution in [3.8, 4) is 17.6 Å². The predicted molar refractivity (Wildman–Crippen MR) is 110 cm³/mol. The zero-order valence-electron chi connectivity index (χ0n) is 16.7. The summed E-state index contributed by atoms with van der Waals surface area (Å²) in [6.07, 6.45) is 13.1. The van der Waals surface area contributed by atoms with Crippen molar-refractivity contribution in [1.82, 2.24) is 0 Å². The number of phenolic OH excluding ortho intramolecular Hbond substituents is 1. The van der Waals surface area contributed by atoms with E-state index >= 15 is 0 Å². The van der Waals surface area contributed by atoms with Gasteiger partial charge in [-0.2, -0.15) is 0 Å². The molecule has 3 heteroatoms. The Bertz CT molecular complexity index is 693. The Morgan fingerprint density at radius 2 is 2.19 bits per heavy atom. The summed E-state index contributed by atoms with van der Waals surface area (Å²) < 4.78 is 4.69. The van der Waals surface area contributed by atoms with E-state index in [0.717, 1.165) is 36.8 Å². The molecule has 0 heterocycles. The number of ether oxygens (including phenoxy) is 1. The van der Waals surface area contributed by atoms with Gasteiger partial charge in [0.25, 0.3) is 0 Å². The first-order valence-corrected chi connectivity index (χ1v) is 10.1. The second-order valence-electron chi connectivity index (χ2n) is 7.23. The van der Waals surface area contributed by atoms with E-state index in [1.54, 1.807) is 0 Å². The highest BCUT2D eigenvalue weighted by atomic mass is 16.5. The minimum Gasteiger partial charge on any atom is -0.507 e. The molecule has 1 N–H and O–H groups in total. The fourth-order valence-electron chi connectivity index (χ4n) is 3.95. The summed E-state index contributed by atoms with van der Waals surface area (Å²) >= 11 is 0. The van der Waals surface area contributed by atoms with Gasteiger partial charge in [-0.05, 0) is 68.4 Å². The number of esters is 1. The molecule has 1 aromatic carbocycles. The first-order chi connectivity index (χ1) is 13.2. The van der Waals surface area contributed by atoms with E-state index in [-0.39, 0.29) is 5.97 Å². The Morgan fingerprint density at radius 3 is 2.96 bits per heavy atom. The molecule has 2 atom stereocenters. The third kappa shape index (κ3) is 6.47. The molecular weight excluding hydrogens is 336 g/mol. The molecule has 2 rings (SSSR count). The second kappa shape index (κ2) is 11.5. The SMILES string of the molecule is CC#CCCC/C=C/[C@H]1CCC[C@@H]1c1cccc(CCCC(=O)OC)c1O. The number of aryl methyl sites for hydroxylation is 1. The number of aromatic hydroxyl groups is 1. The molecule has 1 aromatic rings. The molecule has 0 spiro atoms. The predicted octanol–water partition coefficient (Wildman–Crippen LogP) is 5.52. The molecule has 1 aliphatic rings. The number of hydrogen-bond donors (Lipinski definition) is 1. The zero-order chi connectivity index (χ0) is 19.5. The summed E-state index contributed by atoms with van der Waals surface area (Å²) in [5.41, 5.74) is 2.00. The van der Waals surface area contributed by atoms with Gasteiger partial charge in [0.15, 0.2) is 0 Å². The quantitative estimate of drug-likeness (QED) is 0.270. The van der Waals surface area contributed by atoms with E-state index in [4.69, 9.17) is 0 Å². The van der Waals surface area contributed by atoms with Crippen LogP contribution in [-0.2, 0) is 16.0 Å². The minimum absolute atomic E-state index is 0.198. The number of carbonyl (C=O) groups excluding carboxylic acids is 1. The number of unbranched alkanes of at least 4 members (excludes halogenated alkanes) is 2. The first kappa shape index (κ1) is 21.1. The van der Waals surface area contributed by atoms with E-state index in [1.165, 1.54) is 20.0 Å². The molecule has 146 valence electrons. The lowest BCUT2D eigenvalue weighted by Crippen LogP contribution is -2.05. The molecule has 0 bridgehead atoms. The molecule has 1 aliphatic carbocycles. The van der Waals surface area contributed by atoms with Crippen molar-refractivity contribution in [3.63, 3.8) is 0 Å². The number of hydrogen-bond acceptors (Lipinski definition) is 3. The monoisotopic (exact) mass is 368 g/mol. The van der Waals surface area contributed by atoms with Crippen molar-refractivity contribution in [1.29, 1.82) is 0 Å². The van der Waals surface area contributed by atoms with Crippen LogP contribution < -0.4 is 0 Å². The number of methoxy groups -OCH3 is 1. The number of rotatable bonds is 9. The van der Waals surface area contributed by atoms with Crippen molar-refractivity contribution in [2.24, 2.45) is 5.92 Å². The highest BCUT2D eigenvalue weighted by Crippen LogP contribution is 2.44. The van der Waals surface area contributed by atoms with E-state index in [0.29, 0.717) is 36.8 Å². The maximum absolute atomic E-state index is 11.3. The normalized spacial score (nSPS) is 19.0. The molecule has 3 nitrogen and oxygen atoms in total. The van der Waals surface area contributed by atoms with Gasteiger partial charge in [0.05, 0.1) is 7.11 Å². The second-order valence-corrected chi connectivity index (χ2v) is 7.23. The number of benzene rings is 1. The van der Waals surface area contributed by atoms with Crippen molar-refractivity contribution in [3.05, 3.63) is 41.5 Å². The Morgan fingerprint density at radius 1 is 1.33 bits per heavy atom. The van der Waals surface area contributed by atoms with Crippen LogP contribution in [0.5, 0.6) is 5.75 Å². The van der Waals surface area contributed by atoms with Gasteiger partial charge in [-0.15, -0.1) is 11.8 Å². The molecule has 1 saturated carbocycles.